The Morgan fingerprint density at radius 2 is 1.71 bits per heavy atom. The highest BCUT2D eigenvalue weighted by Gasteiger charge is 2.54. The fourth-order valence-electron chi connectivity index (χ4n) is 4.37. The molecule has 1 saturated carbocycles. The minimum atomic E-state index is 0.643. The topological polar surface area (TPSA) is 15.3 Å². The number of benzene rings is 2. The van der Waals surface area contributed by atoms with Crippen LogP contribution in [-0.2, 0) is 6.54 Å². The molecule has 2 heteroatoms. The molecule has 4 rings (SSSR count). The number of piperidine rings is 1. The lowest BCUT2D eigenvalue weighted by Crippen LogP contribution is -2.36. The van der Waals surface area contributed by atoms with Crippen LogP contribution in [0.15, 0.2) is 54.6 Å². The third-order valence-electron chi connectivity index (χ3n) is 6.21. The monoisotopic (exact) mass is 320 g/mol. The van der Waals surface area contributed by atoms with Gasteiger partial charge in [-0.3, -0.25) is 0 Å². The van der Waals surface area contributed by atoms with Crippen molar-refractivity contribution >= 4 is 5.69 Å². The largest absolute Gasteiger partial charge is 0.371 e. The summed E-state index contributed by atoms with van der Waals surface area (Å²) in [4.78, 5) is 2.56. The minimum absolute atomic E-state index is 0.643. The van der Waals surface area contributed by atoms with E-state index in [2.05, 4.69) is 71.7 Å². The Hall–Kier alpha value is -1.80. The number of rotatable bonds is 5. The zero-order valence-corrected chi connectivity index (χ0v) is 14.7. The highest BCUT2D eigenvalue weighted by molar-refractivity contribution is 5.46. The summed E-state index contributed by atoms with van der Waals surface area (Å²) in [6.45, 7) is 6.83. The predicted octanol–water partition coefficient (Wildman–Crippen LogP) is 4.39. The molecule has 1 spiro atoms. The van der Waals surface area contributed by atoms with Gasteiger partial charge in [0.15, 0.2) is 0 Å². The Balaban J connectivity index is 1.24. The van der Waals surface area contributed by atoms with Crippen LogP contribution in [0.3, 0.4) is 0 Å². The van der Waals surface area contributed by atoms with E-state index in [1.165, 1.54) is 55.7 Å². The Morgan fingerprint density at radius 3 is 2.46 bits per heavy atom. The van der Waals surface area contributed by atoms with E-state index in [1.54, 1.807) is 0 Å². The van der Waals surface area contributed by atoms with Gasteiger partial charge in [0.2, 0.25) is 0 Å². The molecule has 0 aromatic heterocycles. The van der Waals surface area contributed by atoms with Gasteiger partial charge in [-0.1, -0.05) is 42.5 Å². The van der Waals surface area contributed by atoms with Gasteiger partial charge in [-0.2, -0.15) is 0 Å². The highest BCUT2D eigenvalue weighted by Crippen LogP contribution is 2.59. The molecule has 1 aliphatic carbocycles. The Labute approximate surface area is 145 Å². The van der Waals surface area contributed by atoms with Gasteiger partial charge in [-0.15, -0.1) is 0 Å². The molecule has 1 N–H and O–H groups in total. The number of aryl methyl sites for hydroxylation is 1. The molecule has 0 radical (unpaired) electrons. The summed E-state index contributed by atoms with van der Waals surface area (Å²) in [5.74, 6) is 0.888. The molecule has 0 bridgehead atoms. The van der Waals surface area contributed by atoms with Crippen molar-refractivity contribution in [1.82, 2.24) is 5.32 Å². The number of para-hydroxylation sites is 1. The number of hydrogen-bond acceptors (Lipinski definition) is 2. The quantitative estimate of drug-likeness (QED) is 0.879. The summed E-state index contributed by atoms with van der Waals surface area (Å²) in [6, 6.07) is 19.6. The van der Waals surface area contributed by atoms with Gasteiger partial charge in [-0.05, 0) is 67.3 Å². The first-order valence-electron chi connectivity index (χ1n) is 9.32. The number of anilines is 1. The Kier molecular flexibility index (Phi) is 4.32. The first kappa shape index (κ1) is 15.7. The summed E-state index contributed by atoms with van der Waals surface area (Å²) in [5.41, 5.74) is 4.87. The van der Waals surface area contributed by atoms with E-state index in [0.717, 1.165) is 12.5 Å². The molecule has 2 aliphatic rings. The van der Waals surface area contributed by atoms with Crippen LogP contribution in [0.5, 0.6) is 0 Å². The molecule has 1 unspecified atom stereocenters. The van der Waals surface area contributed by atoms with Gasteiger partial charge in [0.05, 0.1) is 0 Å². The first-order chi connectivity index (χ1) is 11.8. The standard InChI is InChI=1S/C22H28N2/c1-18-7-5-6-8-19(18)16-23-17-20-15-22(20)11-13-24(14-12-22)21-9-3-2-4-10-21/h2-10,20,23H,11-17H2,1H3. The van der Waals surface area contributed by atoms with Crippen LogP contribution in [0, 0.1) is 18.3 Å². The Bertz CT molecular complexity index is 671. The lowest BCUT2D eigenvalue weighted by molar-refractivity contribution is 0.343. The highest BCUT2D eigenvalue weighted by atomic mass is 15.1. The van der Waals surface area contributed by atoms with E-state index in [4.69, 9.17) is 0 Å². The van der Waals surface area contributed by atoms with Crippen molar-refractivity contribution < 1.29 is 0 Å². The van der Waals surface area contributed by atoms with E-state index < -0.39 is 0 Å². The number of nitrogens with one attached hydrogen (secondary N) is 1. The molecule has 2 aromatic carbocycles. The lowest BCUT2D eigenvalue weighted by Gasteiger charge is -2.34. The average molecular weight is 320 g/mol. The summed E-state index contributed by atoms with van der Waals surface area (Å²) in [7, 11) is 0. The molecule has 2 fully saturated rings. The summed E-state index contributed by atoms with van der Waals surface area (Å²) in [6.07, 6.45) is 4.15. The van der Waals surface area contributed by atoms with E-state index >= 15 is 0 Å². The fraction of sp³-hybridized carbons (Fsp3) is 0.455. The van der Waals surface area contributed by atoms with Crippen molar-refractivity contribution in [3.05, 3.63) is 65.7 Å². The number of nitrogens with zero attached hydrogens (tertiary/aromatic N) is 1. The normalized spacial score (nSPS) is 21.9. The molecule has 24 heavy (non-hydrogen) atoms. The van der Waals surface area contributed by atoms with Gasteiger partial charge in [0, 0.05) is 25.3 Å². The van der Waals surface area contributed by atoms with Crippen molar-refractivity contribution in [3.63, 3.8) is 0 Å². The number of hydrogen-bond donors (Lipinski definition) is 1. The lowest BCUT2D eigenvalue weighted by atomic mass is 9.90. The van der Waals surface area contributed by atoms with Gasteiger partial charge in [0.25, 0.3) is 0 Å². The molecule has 1 atom stereocenters. The van der Waals surface area contributed by atoms with Gasteiger partial charge in [0.1, 0.15) is 0 Å². The summed E-state index contributed by atoms with van der Waals surface area (Å²) >= 11 is 0. The molecule has 0 amide bonds. The minimum Gasteiger partial charge on any atom is -0.371 e. The zero-order valence-electron chi connectivity index (χ0n) is 14.7. The fourth-order valence-corrected chi connectivity index (χ4v) is 4.37. The maximum atomic E-state index is 3.71. The van der Waals surface area contributed by atoms with Crippen molar-refractivity contribution in [3.8, 4) is 0 Å². The van der Waals surface area contributed by atoms with Crippen molar-refractivity contribution in [2.75, 3.05) is 24.5 Å². The average Bonchev–Trinajstić information content (AvgIpc) is 3.30. The van der Waals surface area contributed by atoms with Crippen molar-refractivity contribution in [2.24, 2.45) is 11.3 Å². The van der Waals surface area contributed by atoms with E-state index in [-0.39, 0.29) is 0 Å². The second-order valence-electron chi connectivity index (χ2n) is 7.64. The molecular formula is C22H28N2. The molecular weight excluding hydrogens is 292 g/mol. The van der Waals surface area contributed by atoms with Gasteiger partial charge < -0.3 is 10.2 Å². The van der Waals surface area contributed by atoms with Gasteiger partial charge >= 0.3 is 0 Å². The SMILES string of the molecule is Cc1ccccc1CNCC1CC12CCN(c1ccccc1)CC2. The van der Waals surface area contributed by atoms with Crippen LogP contribution in [0.1, 0.15) is 30.4 Å². The summed E-state index contributed by atoms with van der Waals surface area (Å²) < 4.78 is 0. The molecule has 2 nitrogen and oxygen atoms in total. The second kappa shape index (κ2) is 6.60. The van der Waals surface area contributed by atoms with Crippen LogP contribution in [-0.4, -0.2) is 19.6 Å². The molecule has 1 heterocycles. The van der Waals surface area contributed by atoms with Crippen LogP contribution >= 0.6 is 0 Å². The van der Waals surface area contributed by atoms with Crippen molar-refractivity contribution in [2.45, 2.75) is 32.7 Å². The van der Waals surface area contributed by atoms with Crippen LogP contribution in [0.2, 0.25) is 0 Å². The third kappa shape index (κ3) is 3.21. The summed E-state index contributed by atoms with van der Waals surface area (Å²) in [5, 5.41) is 3.71. The first-order valence-corrected chi connectivity index (χ1v) is 9.32. The van der Waals surface area contributed by atoms with Crippen LogP contribution in [0.25, 0.3) is 0 Å². The second-order valence-corrected chi connectivity index (χ2v) is 7.64. The molecule has 2 aromatic rings. The molecule has 1 aliphatic heterocycles. The Morgan fingerprint density at radius 1 is 1.00 bits per heavy atom. The predicted molar refractivity (Wildman–Crippen MR) is 101 cm³/mol. The molecule has 1 saturated heterocycles. The van der Waals surface area contributed by atoms with Crippen LogP contribution < -0.4 is 10.2 Å². The maximum absolute atomic E-state index is 3.71. The zero-order chi connectivity index (χ0) is 16.4. The van der Waals surface area contributed by atoms with Crippen LogP contribution in [0.4, 0.5) is 5.69 Å². The maximum Gasteiger partial charge on any atom is 0.0366 e. The van der Waals surface area contributed by atoms with Crippen molar-refractivity contribution in [1.29, 1.82) is 0 Å². The van der Waals surface area contributed by atoms with Gasteiger partial charge in [-0.25, -0.2) is 0 Å². The van der Waals surface area contributed by atoms with E-state index in [1.807, 2.05) is 0 Å². The van der Waals surface area contributed by atoms with E-state index in [0.29, 0.717) is 5.41 Å². The van der Waals surface area contributed by atoms with E-state index in [9.17, 15) is 0 Å². The molecule has 126 valence electrons. The smallest absolute Gasteiger partial charge is 0.0366 e. The third-order valence-corrected chi connectivity index (χ3v) is 6.21.